The lowest BCUT2D eigenvalue weighted by atomic mass is 10.1. The Balaban J connectivity index is 1.65. The van der Waals surface area contributed by atoms with Gasteiger partial charge in [0.2, 0.25) is 5.91 Å². The molecule has 0 saturated carbocycles. The van der Waals surface area contributed by atoms with Gasteiger partial charge in [0.1, 0.15) is 5.82 Å². The number of amides is 1. The van der Waals surface area contributed by atoms with Crippen molar-refractivity contribution in [1.29, 1.82) is 0 Å². The van der Waals surface area contributed by atoms with Crippen LogP contribution in [0.15, 0.2) is 36.4 Å². The molecule has 0 aliphatic heterocycles. The van der Waals surface area contributed by atoms with Crippen LogP contribution >= 0.6 is 22.9 Å². The van der Waals surface area contributed by atoms with E-state index in [2.05, 4.69) is 10.3 Å². The number of nitrogens with zero attached hydrogens (tertiary/aromatic N) is 1. The fraction of sp³-hybridized carbons (Fsp3) is 0.118. The highest BCUT2D eigenvalue weighted by Crippen LogP contribution is 2.27. The molecular formula is C17H12ClFN2O3S. The molecule has 0 fully saturated rings. The number of carbonyl (C=O) groups excluding carboxylic acids is 1. The molecule has 5 nitrogen and oxygen atoms in total. The molecule has 25 heavy (non-hydrogen) atoms. The zero-order valence-electron chi connectivity index (χ0n) is 12.8. The van der Waals surface area contributed by atoms with Gasteiger partial charge in [0, 0.05) is 6.42 Å². The molecule has 1 aromatic heterocycles. The molecule has 3 aromatic rings. The quantitative estimate of drug-likeness (QED) is 0.691. The highest BCUT2D eigenvalue weighted by atomic mass is 35.5. The molecule has 8 heteroatoms. The lowest BCUT2D eigenvalue weighted by Gasteiger charge is -2.03. The van der Waals surface area contributed by atoms with Crippen LogP contribution in [0.4, 0.5) is 9.52 Å². The van der Waals surface area contributed by atoms with Gasteiger partial charge in [-0.2, -0.15) is 0 Å². The van der Waals surface area contributed by atoms with Crippen molar-refractivity contribution in [2.45, 2.75) is 12.8 Å². The van der Waals surface area contributed by atoms with Crippen molar-refractivity contribution in [3.8, 4) is 0 Å². The number of benzene rings is 2. The molecule has 1 amide bonds. The van der Waals surface area contributed by atoms with E-state index in [9.17, 15) is 14.0 Å². The first-order valence-electron chi connectivity index (χ1n) is 7.30. The summed E-state index contributed by atoms with van der Waals surface area (Å²) in [6, 6.07) is 9.01. The lowest BCUT2D eigenvalue weighted by Crippen LogP contribution is -2.12. The van der Waals surface area contributed by atoms with E-state index >= 15 is 0 Å². The Morgan fingerprint density at radius 3 is 2.76 bits per heavy atom. The molecule has 2 aromatic carbocycles. The number of nitrogens with one attached hydrogen (secondary N) is 1. The van der Waals surface area contributed by atoms with Gasteiger partial charge in [-0.25, -0.2) is 14.2 Å². The monoisotopic (exact) mass is 378 g/mol. The molecule has 3 rings (SSSR count). The maximum absolute atomic E-state index is 13.4. The second-order valence-electron chi connectivity index (χ2n) is 5.30. The number of hydrogen-bond acceptors (Lipinski definition) is 4. The van der Waals surface area contributed by atoms with Gasteiger partial charge in [0.05, 0.1) is 20.8 Å². The van der Waals surface area contributed by atoms with Gasteiger partial charge in [-0.15, -0.1) is 0 Å². The second-order valence-corrected chi connectivity index (χ2v) is 6.74. The number of carboxylic acids is 1. The lowest BCUT2D eigenvalue weighted by molar-refractivity contribution is -0.116. The Hall–Kier alpha value is -2.51. The fourth-order valence-corrected chi connectivity index (χ4v) is 3.28. The third kappa shape index (κ3) is 4.12. The molecule has 0 radical (unpaired) electrons. The van der Waals surface area contributed by atoms with E-state index in [4.69, 9.17) is 16.7 Å². The summed E-state index contributed by atoms with van der Waals surface area (Å²) in [6.07, 6.45) is 0.533. The topological polar surface area (TPSA) is 79.3 Å². The summed E-state index contributed by atoms with van der Waals surface area (Å²) in [4.78, 5) is 27.3. The predicted octanol–water partition coefficient (Wildman–Crippen LogP) is 4.36. The average molecular weight is 379 g/mol. The minimum absolute atomic E-state index is 0.0448. The fourth-order valence-electron chi connectivity index (χ4n) is 2.25. The van der Waals surface area contributed by atoms with Gasteiger partial charge in [-0.1, -0.05) is 29.0 Å². The second kappa shape index (κ2) is 7.16. The molecule has 0 unspecified atom stereocenters. The summed E-state index contributed by atoms with van der Waals surface area (Å²) in [5, 5.41) is 12.1. The molecule has 1 heterocycles. The Morgan fingerprint density at radius 1 is 1.24 bits per heavy atom. The van der Waals surface area contributed by atoms with E-state index in [1.54, 1.807) is 12.1 Å². The van der Waals surface area contributed by atoms with Crippen LogP contribution in [0.3, 0.4) is 0 Å². The van der Waals surface area contributed by atoms with E-state index < -0.39 is 11.8 Å². The minimum Gasteiger partial charge on any atom is -0.478 e. The number of hydrogen-bond donors (Lipinski definition) is 2. The summed E-state index contributed by atoms with van der Waals surface area (Å²) in [7, 11) is 0. The molecule has 0 saturated heterocycles. The Bertz CT molecular complexity index is 974. The Labute approximate surface area is 151 Å². The average Bonchev–Trinajstić information content (AvgIpc) is 2.97. The number of thiazole rings is 1. The maximum atomic E-state index is 13.4. The summed E-state index contributed by atoms with van der Waals surface area (Å²) >= 11 is 6.82. The Kier molecular flexibility index (Phi) is 4.96. The highest BCUT2D eigenvalue weighted by Gasteiger charge is 2.11. The normalized spacial score (nSPS) is 10.8. The van der Waals surface area contributed by atoms with Crippen molar-refractivity contribution < 1.29 is 19.1 Å². The van der Waals surface area contributed by atoms with E-state index in [0.29, 0.717) is 27.3 Å². The summed E-state index contributed by atoms with van der Waals surface area (Å²) < 4.78 is 14.1. The van der Waals surface area contributed by atoms with Crippen LogP contribution in [0.2, 0.25) is 5.02 Å². The maximum Gasteiger partial charge on any atom is 0.335 e. The van der Waals surface area contributed by atoms with Crippen LogP contribution < -0.4 is 5.32 Å². The van der Waals surface area contributed by atoms with E-state index in [-0.39, 0.29) is 22.9 Å². The van der Waals surface area contributed by atoms with Gasteiger partial charge < -0.3 is 10.4 Å². The molecule has 0 aliphatic rings. The van der Waals surface area contributed by atoms with Crippen LogP contribution in [-0.2, 0) is 11.2 Å². The van der Waals surface area contributed by atoms with Crippen molar-refractivity contribution in [3.05, 3.63) is 58.4 Å². The number of aromatic nitrogens is 1. The van der Waals surface area contributed by atoms with Crippen molar-refractivity contribution in [3.63, 3.8) is 0 Å². The van der Waals surface area contributed by atoms with Crippen LogP contribution in [0.25, 0.3) is 10.2 Å². The molecular weight excluding hydrogens is 367 g/mol. The van der Waals surface area contributed by atoms with Crippen molar-refractivity contribution >= 4 is 50.2 Å². The number of fused-ring (bicyclic) bond motifs is 1. The van der Waals surface area contributed by atoms with Gasteiger partial charge >= 0.3 is 5.97 Å². The summed E-state index contributed by atoms with van der Waals surface area (Å²) in [5.41, 5.74) is 1.45. The summed E-state index contributed by atoms with van der Waals surface area (Å²) in [5.74, 6) is -1.79. The molecule has 0 aliphatic carbocycles. The molecule has 2 N–H and O–H groups in total. The molecule has 0 atom stereocenters. The van der Waals surface area contributed by atoms with Crippen LogP contribution in [0.1, 0.15) is 22.3 Å². The van der Waals surface area contributed by atoms with E-state index in [1.807, 2.05) is 0 Å². The van der Waals surface area contributed by atoms with Gasteiger partial charge in [-0.3, -0.25) is 4.79 Å². The predicted molar refractivity (Wildman–Crippen MR) is 94.9 cm³/mol. The van der Waals surface area contributed by atoms with Crippen molar-refractivity contribution in [2.75, 3.05) is 5.32 Å². The van der Waals surface area contributed by atoms with Crippen LogP contribution in [0.5, 0.6) is 0 Å². The van der Waals surface area contributed by atoms with Gasteiger partial charge in [0.25, 0.3) is 0 Å². The number of aryl methyl sites for hydroxylation is 1. The smallest absolute Gasteiger partial charge is 0.335 e. The van der Waals surface area contributed by atoms with Gasteiger partial charge in [-0.05, 0) is 42.3 Å². The number of anilines is 1. The molecule has 128 valence electrons. The first-order chi connectivity index (χ1) is 11.9. The highest BCUT2D eigenvalue weighted by molar-refractivity contribution is 7.22. The third-order valence-corrected chi connectivity index (χ3v) is 4.75. The van der Waals surface area contributed by atoms with Crippen LogP contribution in [0, 0.1) is 5.82 Å². The standard InChI is InChI=1S/C17H12ClFN2O3S/c18-11-4-1-9(7-12(11)19)2-6-15(22)21-17-20-13-5-3-10(16(23)24)8-14(13)25-17/h1,3-5,7-8H,2,6H2,(H,23,24)(H,20,21,22). The van der Waals surface area contributed by atoms with Crippen molar-refractivity contribution in [2.24, 2.45) is 0 Å². The molecule has 0 bridgehead atoms. The third-order valence-electron chi connectivity index (χ3n) is 3.51. The van der Waals surface area contributed by atoms with E-state index in [1.165, 1.54) is 35.6 Å². The zero-order valence-corrected chi connectivity index (χ0v) is 14.3. The SMILES string of the molecule is O=C(CCc1ccc(Cl)c(F)c1)Nc1nc2ccc(C(=O)O)cc2s1. The number of carbonyl (C=O) groups is 2. The number of carboxylic acid groups (broad SMARTS) is 1. The summed E-state index contributed by atoms with van der Waals surface area (Å²) in [6.45, 7) is 0. The zero-order chi connectivity index (χ0) is 18.0. The number of aromatic carboxylic acids is 1. The first-order valence-corrected chi connectivity index (χ1v) is 8.49. The molecule has 0 spiro atoms. The van der Waals surface area contributed by atoms with Crippen molar-refractivity contribution in [1.82, 2.24) is 4.98 Å². The van der Waals surface area contributed by atoms with Crippen LogP contribution in [-0.4, -0.2) is 22.0 Å². The first kappa shape index (κ1) is 17.3. The Morgan fingerprint density at radius 2 is 2.04 bits per heavy atom. The minimum atomic E-state index is -1.02. The number of rotatable bonds is 5. The van der Waals surface area contributed by atoms with E-state index in [0.717, 1.165) is 0 Å². The largest absolute Gasteiger partial charge is 0.478 e. The van der Waals surface area contributed by atoms with Gasteiger partial charge in [0.15, 0.2) is 5.13 Å². The number of halogens is 2.